The third-order valence-electron chi connectivity index (χ3n) is 3.21. The first-order valence-electron chi connectivity index (χ1n) is 6.65. The lowest BCUT2D eigenvalue weighted by Crippen LogP contribution is -2.12. The fourth-order valence-corrected chi connectivity index (χ4v) is 2.12. The summed E-state index contributed by atoms with van der Waals surface area (Å²) in [7, 11) is 0. The third kappa shape index (κ3) is 2.99. The molecular weight excluding hydrogens is 300 g/mol. The van der Waals surface area contributed by atoms with Crippen molar-refractivity contribution in [2.45, 2.75) is 6.92 Å². The van der Waals surface area contributed by atoms with Crippen LogP contribution in [0, 0.1) is 6.92 Å². The summed E-state index contributed by atoms with van der Waals surface area (Å²) in [6, 6.07) is 8.87. The van der Waals surface area contributed by atoms with E-state index in [1.165, 1.54) is 6.20 Å². The fourth-order valence-electron chi connectivity index (χ4n) is 1.94. The van der Waals surface area contributed by atoms with Gasteiger partial charge >= 0.3 is 0 Å². The van der Waals surface area contributed by atoms with E-state index in [-0.39, 0.29) is 5.91 Å². The van der Waals surface area contributed by atoms with Crippen LogP contribution < -0.4 is 5.32 Å². The number of carbonyl (C=O) groups is 1. The number of nitrogens with one attached hydrogen (secondary N) is 1. The molecule has 2 heterocycles. The number of anilines is 1. The molecule has 3 aromatic rings. The van der Waals surface area contributed by atoms with Gasteiger partial charge in [-0.25, -0.2) is 9.97 Å². The summed E-state index contributed by atoms with van der Waals surface area (Å²) in [4.78, 5) is 20.4. The number of rotatable bonds is 3. The van der Waals surface area contributed by atoms with Gasteiger partial charge in [-0.1, -0.05) is 17.7 Å². The number of aryl methyl sites for hydroxylation is 1. The summed E-state index contributed by atoms with van der Waals surface area (Å²) in [6.07, 6.45) is 6.64. The number of nitrogens with zero attached hydrogens (tertiary/aromatic N) is 3. The van der Waals surface area contributed by atoms with Gasteiger partial charge in [0.25, 0.3) is 5.91 Å². The molecule has 0 bridgehead atoms. The van der Waals surface area contributed by atoms with Crippen LogP contribution in [0.4, 0.5) is 5.69 Å². The van der Waals surface area contributed by atoms with E-state index in [4.69, 9.17) is 11.6 Å². The van der Waals surface area contributed by atoms with E-state index in [2.05, 4.69) is 15.3 Å². The number of aromatic nitrogens is 3. The lowest BCUT2D eigenvalue weighted by atomic mass is 10.2. The van der Waals surface area contributed by atoms with Crippen LogP contribution in [0.15, 0.2) is 55.2 Å². The Labute approximate surface area is 132 Å². The van der Waals surface area contributed by atoms with Crippen molar-refractivity contribution in [2.75, 3.05) is 5.32 Å². The van der Waals surface area contributed by atoms with Crippen LogP contribution in [0.5, 0.6) is 0 Å². The highest BCUT2D eigenvalue weighted by Gasteiger charge is 2.08. The second-order valence-corrected chi connectivity index (χ2v) is 5.20. The predicted octanol–water partition coefficient (Wildman–Crippen LogP) is 3.48. The predicted molar refractivity (Wildman–Crippen MR) is 85.5 cm³/mol. The van der Waals surface area contributed by atoms with Gasteiger partial charge in [0.2, 0.25) is 0 Å². The molecule has 0 radical (unpaired) electrons. The summed E-state index contributed by atoms with van der Waals surface area (Å²) >= 11 is 6.05. The second-order valence-electron chi connectivity index (χ2n) is 4.79. The smallest absolute Gasteiger partial charge is 0.257 e. The SMILES string of the molecule is Cc1ccc(NC(=O)c2ccc(-n3ccnc3)nc2)cc1Cl. The van der Waals surface area contributed by atoms with Crippen molar-refractivity contribution in [1.29, 1.82) is 0 Å². The lowest BCUT2D eigenvalue weighted by Gasteiger charge is -2.07. The van der Waals surface area contributed by atoms with Crippen LogP contribution in [-0.2, 0) is 0 Å². The van der Waals surface area contributed by atoms with Crippen LogP contribution >= 0.6 is 11.6 Å². The van der Waals surface area contributed by atoms with E-state index in [1.807, 2.05) is 19.1 Å². The Morgan fingerprint density at radius 2 is 2.14 bits per heavy atom. The first-order chi connectivity index (χ1) is 10.6. The Hall–Kier alpha value is -2.66. The maximum absolute atomic E-state index is 12.2. The van der Waals surface area contributed by atoms with Crippen molar-refractivity contribution in [3.8, 4) is 5.82 Å². The van der Waals surface area contributed by atoms with E-state index in [0.29, 0.717) is 22.1 Å². The van der Waals surface area contributed by atoms with Crippen LogP contribution in [0.3, 0.4) is 0 Å². The summed E-state index contributed by atoms with van der Waals surface area (Å²) in [5, 5.41) is 3.41. The molecule has 0 aliphatic rings. The molecule has 6 heteroatoms. The van der Waals surface area contributed by atoms with Gasteiger partial charge in [0, 0.05) is 29.3 Å². The zero-order chi connectivity index (χ0) is 15.5. The van der Waals surface area contributed by atoms with Gasteiger partial charge in [-0.2, -0.15) is 0 Å². The Morgan fingerprint density at radius 3 is 2.77 bits per heavy atom. The molecule has 5 nitrogen and oxygen atoms in total. The minimum atomic E-state index is -0.232. The maximum atomic E-state index is 12.2. The van der Waals surface area contributed by atoms with Crippen LogP contribution in [0.1, 0.15) is 15.9 Å². The zero-order valence-electron chi connectivity index (χ0n) is 11.8. The standard InChI is InChI=1S/C16H13ClN4O/c1-11-2-4-13(8-14(11)17)20-16(22)12-3-5-15(19-9-12)21-7-6-18-10-21/h2-10H,1H3,(H,20,22). The first-order valence-corrected chi connectivity index (χ1v) is 7.03. The van der Waals surface area contributed by atoms with Gasteiger partial charge < -0.3 is 5.32 Å². The molecule has 0 saturated heterocycles. The second kappa shape index (κ2) is 5.99. The van der Waals surface area contributed by atoms with E-state index in [1.54, 1.807) is 41.5 Å². The number of halogens is 1. The first kappa shape index (κ1) is 14.3. The number of hydrogen-bond acceptors (Lipinski definition) is 3. The van der Waals surface area contributed by atoms with Crippen molar-refractivity contribution in [3.05, 3.63) is 71.4 Å². The third-order valence-corrected chi connectivity index (χ3v) is 3.62. The molecule has 3 rings (SSSR count). The highest BCUT2D eigenvalue weighted by molar-refractivity contribution is 6.31. The molecule has 0 aliphatic carbocycles. The van der Waals surface area contributed by atoms with Gasteiger partial charge in [0.1, 0.15) is 12.1 Å². The molecule has 0 unspecified atom stereocenters. The van der Waals surface area contributed by atoms with E-state index in [0.717, 1.165) is 5.56 Å². The van der Waals surface area contributed by atoms with Crippen molar-refractivity contribution in [1.82, 2.24) is 14.5 Å². The molecule has 110 valence electrons. The quantitative estimate of drug-likeness (QED) is 0.805. The number of benzene rings is 1. The summed E-state index contributed by atoms with van der Waals surface area (Å²) in [5.41, 5.74) is 2.09. The van der Waals surface area contributed by atoms with Crippen LogP contribution in [0.2, 0.25) is 5.02 Å². The molecule has 0 atom stereocenters. The van der Waals surface area contributed by atoms with E-state index < -0.39 is 0 Å². The van der Waals surface area contributed by atoms with E-state index in [9.17, 15) is 4.79 Å². The fraction of sp³-hybridized carbons (Fsp3) is 0.0625. The number of imidazole rings is 1. The van der Waals surface area contributed by atoms with Crippen molar-refractivity contribution < 1.29 is 4.79 Å². The van der Waals surface area contributed by atoms with Gasteiger partial charge in [0.15, 0.2) is 0 Å². The van der Waals surface area contributed by atoms with Crippen molar-refractivity contribution in [3.63, 3.8) is 0 Å². The molecule has 22 heavy (non-hydrogen) atoms. The number of pyridine rings is 1. The molecular formula is C16H13ClN4O. The Kier molecular flexibility index (Phi) is 3.89. The normalized spacial score (nSPS) is 10.5. The van der Waals surface area contributed by atoms with Crippen molar-refractivity contribution in [2.24, 2.45) is 0 Å². The molecule has 1 aromatic carbocycles. The number of carbonyl (C=O) groups excluding carboxylic acids is 1. The van der Waals surface area contributed by atoms with Crippen molar-refractivity contribution >= 4 is 23.2 Å². The highest BCUT2D eigenvalue weighted by atomic mass is 35.5. The summed E-state index contributed by atoms with van der Waals surface area (Å²) in [6.45, 7) is 1.91. The minimum Gasteiger partial charge on any atom is -0.322 e. The number of hydrogen-bond donors (Lipinski definition) is 1. The average molecular weight is 313 g/mol. The summed E-state index contributed by atoms with van der Waals surface area (Å²) in [5.74, 6) is 0.469. The van der Waals surface area contributed by atoms with E-state index >= 15 is 0 Å². The average Bonchev–Trinajstić information content (AvgIpc) is 3.05. The maximum Gasteiger partial charge on any atom is 0.257 e. The Bertz CT molecular complexity index is 798. The molecule has 0 spiro atoms. The molecule has 2 aromatic heterocycles. The zero-order valence-corrected chi connectivity index (χ0v) is 12.6. The van der Waals surface area contributed by atoms with Gasteiger partial charge in [-0.05, 0) is 36.8 Å². The largest absolute Gasteiger partial charge is 0.322 e. The summed E-state index contributed by atoms with van der Waals surface area (Å²) < 4.78 is 1.77. The monoisotopic (exact) mass is 312 g/mol. The van der Waals surface area contributed by atoms with Gasteiger partial charge in [-0.3, -0.25) is 9.36 Å². The Balaban J connectivity index is 1.76. The Morgan fingerprint density at radius 1 is 1.27 bits per heavy atom. The van der Waals surface area contributed by atoms with Gasteiger partial charge in [-0.15, -0.1) is 0 Å². The van der Waals surface area contributed by atoms with Crippen LogP contribution in [-0.4, -0.2) is 20.4 Å². The molecule has 1 amide bonds. The molecule has 0 saturated carbocycles. The molecule has 0 aliphatic heterocycles. The van der Waals surface area contributed by atoms with Crippen LogP contribution in [0.25, 0.3) is 5.82 Å². The number of amides is 1. The minimum absolute atomic E-state index is 0.232. The topological polar surface area (TPSA) is 59.8 Å². The highest BCUT2D eigenvalue weighted by Crippen LogP contribution is 2.20. The lowest BCUT2D eigenvalue weighted by molar-refractivity contribution is 0.102. The van der Waals surface area contributed by atoms with Gasteiger partial charge in [0.05, 0.1) is 5.56 Å². The molecule has 1 N–H and O–H groups in total. The molecule has 0 fully saturated rings.